The van der Waals surface area contributed by atoms with Gasteiger partial charge in [0.15, 0.2) is 0 Å². The number of nitrogens with one attached hydrogen (secondary N) is 1. The predicted octanol–water partition coefficient (Wildman–Crippen LogP) is 7.44. The van der Waals surface area contributed by atoms with E-state index < -0.39 is 41.9 Å². The van der Waals surface area contributed by atoms with Crippen molar-refractivity contribution in [3.63, 3.8) is 0 Å². The van der Waals surface area contributed by atoms with E-state index in [2.05, 4.69) is 5.32 Å². The van der Waals surface area contributed by atoms with Crippen molar-refractivity contribution in [2.24, 2.45) is 5.92 Å². The second-order valence-corrected chi connectivity index (χ2v) is 10.2. The van der Waals surface area contributed by atoms with E-state index in [4.69, 9.17) is 11.6 Å². The summed E-state index contributed by atoms with van der Waals surface area (Å²) in [5, 5.41) is 2.61. The fourth-order valence-corrected chi connectivity index (χ4v) is 5.50. The SMILES string of the molecule is CC(NC(=O)C1CCCC1)c1ccc(N2CCC(c3cc(Cl)cc(C(F)(F)F)c3)(C(F)(F)F)C2)cc1. The molecule has 3 nitrogen and oxygen atoms in total. The maximum Gasteiger partial charge on any atom is 0.416 e. The van der Waals surface area contributed by atoms with Gasteiger partial charge in [-0.2, -0.15) is 26.3 Å². The molecule has 1 saturated heterocycles. The number of rotatable bonds is 5. The molecule has 2 unspecified atom stereocenters. The van der Waals surface area contributed by atoms with Gasteiger partial charge in [0.05, 0.1) is 11.6 Å². The highest BCUT2D eigenvalue weighted by molar-refractivity contribution is 6.30. The molecule has 2 aliphatic rings. The van der Waals surface area contributed by atoms with Crippen LogP contribution < -0.4 is 10.2 Å². The van der Waals surface area contributed by atoms with Crippen LogP contribution in [0.15, 0.2) is 42.5 Å². The number of carbonyl (C=O) groups is 1. The van der Waals surface area contributed by atoms with Crippen LogP contribution in [0.1, 0.15) is 61.8 Å². The van der Waals surface area contributed by atoms with Crippen molar-refractivity contribution >= 4 is 23.2 Å². The van der Waals surface area contributed by atoms with Crippen molar-refractivity contribution in [1.82, 2.24) is 5.32 Å². The molecule has 1 heterocycles. The van der Waals surface area contributed by atoms with Crippen LogP contribution in [-0.2, 0) is 16.4 Å². The van der Waals surface area contributed by atoms with Crippen LogP contribution in [-0.4, -0.2) is 25.2 Å². The third-order valence-electron chi connectivity index (χ3n) is 7.43. The van der Waals surface area contributed by atoms with E-state index in [1.807, 2.05) is 6.92 Å². The van der Waals surface area contributed by atoms with E-state index in [0.29, 0.717) is 17.8 Å². The number of anilines is 1. The molecule has 1 N–H and O–H groups in total. The molecule has 2 aromatic rings. The largest absolute Gasteiger partial charge is 0.416 e. The highest BCUT2D eigenvalue weighted by atomic mass is 35.5. The molecule has 0 spiro atoms. The van der Waals surface area contributed by atoms with Crippen LogP contribution in [0, 0.1) is 5.92 Å². The van der Waals surface area contributed by atoms with E-state index in [-0.39, 0.29) is 29.4 Å². The molecule has 0 bridgehead atoms. The van der Waals surface area contributed by atoms with Crippen molar-refractivity contribution < 1.29 is 31.1 Å². The number of amides is 1. The third kappa shape index (κ3) is 5.31. The number of benzene rings is 2. The van der Waals surface area contributed by atoms with Crippen LogP contribution in [0.4, 0.5) is 32.0 Å². The molecule has 2 atom stereocenters. The van der Waals surface area contributed by atoms with Gasteiger partial charge < -0.3 is 10.2 Å². The molecule has 36 heavy (non-hydrogen) atoms. The molecule has 2 fully saturated rings. The van der Waals surface area contributed by atoms with Crippen LogP contribution in [0.5, 0.6) is 0 Å². The highest BCUT2D eigenvalue weighted by Gasteiger charge is 2.59. The maximum atomic E-state index is 14.4. The van der Waals surface area contributed by atoms with Crippen LogP contribution in [0.2, 0.25) is 5.02 Å². The molecule has 0 radical (unpaired) electrons. The van der Waals surface area contributed by atoms with Gasteiger partial charge in [-0.25, -0.2) is 0 Å². The van der Waals surface area contributed by atoms with Crippen LogP contribution in [0.3, 0.4) is 0 Å². The lowest BCUT2D eigenvalue weighted by atomic mass is 9.78. The van der Waals surface area contributed by atoms with Crippen molar-refractivity contribution in [2.45, 2.75) is 62.8 Å². The van der Waals surface area contributed by atoms with Gasteiger partial charge >= 0.3 is 12.4 Å². The Balaban J connectivity index is 1.54. The Labute approximate surface area is 210 Å². The summed E-state index contributed by atoms with van der Waals surface area (Å²) in [7, 11) is 0. The third-order valence-corrected chi connectivity index (χ3v) is 7.65. The standard InChI is InChI=1S/C26H27ClF6N2O/c1-16(34-23(36)18-4-2-3-5-18)17-6-8-22(9-7-17)35-11-10-24(15-35,26(31,32)33)19-12-20(25(28,29)30)14-21(27)13-19/h6-9,12-14,16,18H,2-5,10-11,15H2,1H3,(H,34,36). The molecule has 1 aliphatic carbocycles. The topological polar surface area (TPSA) is 32.3 Å². The number of halogens is 7. The van der Waals surface area contributed by atoms with E-state index in [0.717, 1.165) is 37.3 Å². The number of hydrogen-bond acceptors (Lipinski definition) is 2. The van der Waals surface area contributed by atoms with Gasteiger partial charge in [-0.15, -0.1) is 0 Å². The Morgan fingerprint density at radius 3 is 2.28 bits per heavy atom. The lowest BCUT2D eigenvalue weighted by Crippen LogP contribution is -2.45. The smallest absolute Gasteiger partial charge is 0.370 e. The number of nitrogens with zero attached hydrogens (tertiary/aromatic N) is 1. The number of alkyl halides is 6. The normalized spacial score (nSPS) is 22.2. The summed E-state index contributed by atoms with van der Waals surface area (Å²) in [6.45, 7) is 1.34. The minimum atomic E-state index is -4.82. The summed E-state index contributed by atoms with van der Waals surface area (Å²) >= 11 is 5.81. The second kappa shape index (κ2) is 9.80. The zero-order valence-electron chi connectivity index (χ0n) is 19.6. The van der Waals surface area contributed by atoms with Gasteiger partial charge in [0.1, 0.15) is 5.41 Å². The molecule has 2 aromatic carbocycles. The summed E-state index contributed by atoms with van der Waals surface area (Å²) in [5.74, 6) is 0.0366. The van der Waals surface area contributed by atoms with Crippen LogP contribution in [0.25, 0.3) is 0 Å². The lowest BCUT2D eigenvalue weighted by Gasteiger charge is -2.33. The Kier molecular flexibility index (Phi) is 7.25. The first-order valence-electron chi connectivity index (χ1n) is 11.9. The average Bonchev–Trinajstić information content (AvgIpc) is 3.49. The predicted molar refractivity (Wildman–Crippen MR) is 126 cm³/mol. The monoisotopic (exact) mass is 532 g/mol. The number of carbonyl (C=O) groups excluding carboxylic acids is 1. The van der Waals surface area contributed by atoms with Crippen molar-refractivity contribution in [3.8, 4) is 0 Å². The summed E-state index contributed by atoms with van der Waals surface area (Å²) in [4.78, 5) is 13.9. The minimum Gasteiger partial charge on any atom is -0.370 e. The maximum absolute atomic E-state index is 14.4. The molecule has 196 valence electrons. The molecular formula is C26H27ClF6N2O. The summed E-state index contributed by atoms with van der Waals surface area (Å²) < 4.78 is 83.0. The van der Waals surface area contributed by atoms with Gasteiger partial charge in [0.25, 0.3) is 0 Å². The first-order chi connectivity index (χ1) is 16.8. The van der Waals surface area contributed by atoms with Gasteiger partial charge in [-0.1, -0.05) is 36.6 Å². The summed E-state index contributed by atoms with van der Waals surface area (Å²) in [6, 6.07) is 8.78. The summed E-state index contributed by atoms with van der Waals surface area (Å²) in [5.41, 5.74) is -2.84. The van der Waals surface area contributed by atoms with Crippen molar-refractivity contribution in [2.75, 3.05) is 18.0 Å². The van der Waals surface area contributed by atoms with E-state index in [1.54, 1.807) is 24.3 Å². The average molecular weight is 533 g/mol. The Morgan fingerprint density at radius 2 is 1.69 bits per heavy atom. The molecular weight excluding hydrogens is 506 g/mol. The van der Waals surface area contributed by atoms with Crippen molar-refractivity contribution in [3.05, 3.63) is 64.2 Å². The molecule has 0 aromatic heterocycles. The second-order valence-electron chi connectivity index (χ2n) is 9.78. The first-order valence-corrected chi connectivity index (χ1v) is 12.3. The van der Waals surface area contributed by atoms with Gasteiger partial charge in [0.2, 0.25) is 5.91 Å². The zero-order chi connectivity index (χ0) is 26.3. The fraction of sp³-hybridized carbons (Fsp3) is 0.500. The van der Waals surface area contributed by atoms with E-state index >= 15 is 0 Å². The number of hydrogen-bond donors (Lipinski definition) is 1. The fourth-order valence-electron chi connectivity index (χ4n) is 5.27. The summed E-state index contributed by atoms with van der Waals surface area (Å²) in [6.07, 6.45) is -6.15. The van der Waals surface area contributed by atoms with Gasteiger partial charge in [-0.3, -0.25) is 4.79 Å². The molecule has 1 saturated carbocycles. The minimum absolute atomic E-state index is 0.0123. The molecule has 1 amide bonds. The highest BCUT2D eigenvalue weighted by Crippen LogP contribution is 2.50. The Hall–Kier alpha value is -2.42. The van der Waals surface area contributed by atoms with Crippen LogP contribution >= 0.6 is 11.6 Å². The van der Waals surface area contributed by atoms with E-state index in [1.165, 1.54) is 4.90 Å². The zero-order valence-corrected chi connectivity index (χ0v) is 20.4. The molecule has 10 heteroatoms. The molecule has 4 rings (SSSR count). The van der Waals surface area contributed by atoms with Gasteiger partial charge in [-0.05, 0) is 67.6 Å². The Bertz CT molecular complexity index is 1100. The lowest BCUT2D eigenvalue weighted by molar-refractivity contribution is -0.184. The van der Waals surface area contributed by atoms with Gasteiger partial charge in [0, 0.05) is 29.7 Å². The van der Waals surface area contributed by atoms with E-state index in [9.17, 15) is 31.1 Å². The van der Waals surface area contributed by atoms with Crippen molar-refractivity contribution in [1.29, 1.82) is 0 Å². The quantitative estimate of drug-likeness (QED) is 0.406. The Morgan fingerprint density at radius 1 is 1.06 bits per heavy atom. The first kappa shape index (κ1) is 26.6. The molecule has 1 aliphatic heterocycles.